The third-order valence-electron chi connectivity index (χ3n) is 3.09. The van der Waals surface area contributed by atoms with Crippen molar-refractivity contribution in [3.05, 3.63) is 42.6 Å². The molecule has 0 saturated heterocycles. The summed E-state index contributed by atoms with van der Waals surface area (Å²) in [7, 11) is 0. The molecule has 0 spiro atoms. The third kappa shape index (κ3) is 2.85. The van der Waals surface area contributed by atoms with E-state index in [2.05, 4.69) is 0 Å². The Morgan fingerprint density at radius 3 is 2.12 bits per heavy atom. The molecular weight excluding hydrogens is 368 g/mol. The van der Waals surface area contributed by atoms with Crippen molar-refractivity contribution < 1.29 is 36.4 Å². The summed E-state index contributed by atoms with van der Waals surface area (Å²) in [5.41, 5.74) is -11.5. The standard InChI is InChI=1S/C11H3F6N3O5/c12-10(13,14)2-1-3-4(6(19-23)8(21)9(22)18-3)5(11(15,16)17)7(2)20(24)25/h1,21H,(H,18,22). The summed E-state index contributed by atoms with van der Waals surface area (Å²) in [6.45, 7) is 0. The number of hydrogen-bond acceptors (Lipinski definition) is 6. The minimum Gasteiger partial charge on any atom is -0.501 e. The number of nitrogens with one attached hydrogen (secondary N) is 1. The molecule has 0 aliphatic carbocycles. The lowest BCUT2D eigenvalue weighted by atomic mass is 9.98. The van der Waals surface area contributed by atoms with Crippen LogP contribution < -0.4 is 5.56 Å². The van der Waals surface area contributed by atoms with Crippen molar-refractivity contribution in [3.8, 4) is 5.75 Å². The number of nitro groups is 1. The second kappa shape index (κ2) is 5.42. The topological polar surface area (TPSA) is 126 Å². The second-order valence-corrected chi connectivity index (χ2v) is 4.57. The number of H-pyrrole nitrogens is 1. The van der Waals surface area contributed by atoms with Gasteiger partial charge in [-0.2, -0.15) is 26.3 Å². The van der Waals surface area contributed by atoms with E-state index in [-0.39, 0.29) is 6.07 Å². The van der Waals surface area contributed by atoms with Gasteiger partial charge in [0.2, 0.25) is 5.75 Å². The number of nitro benzene ring substituents is 1. The molecule has 134 valence electrons. The maximum Gasteiger partial charge on any atom is 0.423 e. The van der Waals surface area contributed by atoms with Crippen molar-refractivity contribution in [2.24, 2.45) is 5.18 Å². The van der Waals surface area contributed by atoms with Gasteiger partial charge in [-0.25, -0.2) is 0 Å². The summed E-state index contributed by atoms with van der Waals surface area (Å²) in [5.74, 6) is -1.62. The lowest BCUT2D eigenvalue weighted by Gasteiger charge is -2.16. The second-order valence-electron chi connectivity index (χ2n) is 4.57. The van der Waals surface area contributed by atoms with E-state index >= 15 is 0 Å². The zero-order valence-electron chi connectivity index (χ0n) is 11.3. The van der Waals surface area contributed by atoms with Crippen LogP contribution in [0, 0.1) is 15.0 Å². The number of pyridine rings is 1. The van der Waals surface area contributed by atoms with Crippen LogP contribution in [0.15, 0.2) is 16.0 Å². The lowest BCUT2D eigenvalue weighted by molar-refractivity contribution is -0.391. The number of benzene rings is 1. The van der Waals surface area contributed by atoms with Gasteiger partial charge in [0, 0.05) is 0 Å². The monoisotopic (exact) mass is 371 g/mol. The molecule has 2 N–H and O–H groups in total. The van der Waals surface area contributed by atoms with Crippen LogP contribution >= 0.6 is 0 Å². The predicted octanol–water partition coefficient (Wildman–Crippen LogP) is 3.58. The molecule has 0 fully saturated rings. The van der Waals surface area contributed by atoms with Gasteiger partial charge in [0.15, 0.2) is 5.69 Å². The molecule has 1 heterocycles. The first-order valence-electron chi connectivity index (χ1n) is 5.88. The van der Waals surface area contributed by atoms with Gasteiger partial charge in [0.05, 0.1) is 15.8 Å². The number of nitrogens with zero attached hydrogens (tertiary/aromatic N) is 2. The Morgan fingerprint density at radius 2 is 1.72 bits per heavy atom. The van der Waals surface area contributed by atoms with Crippen LogP contribution in [0.1, 0.15) is 11.1 Å². The molecule has 8 nitrogen and oxygen atoms in total. The molecule has 25 heavy (non-hydrogen) atoms. The van der Waals surface area contributed by atoms with Gasteiger partial charge in [-0.05, 0) is 11.2 Å². The van der Waals surface area contributed by atoms with E-state index in [4.69, 9.17) is 0 Å². The third-order valence-corrected chi connectivity index (χ3v) is 3.09. The van der Waals surface area contributed by atoms with Gasteiger partial charge in [-0.1, -0.05) is 0 Å². The Labute approximate surface area is 130 Å². The quantitative estimate of drug-likeness (QED) is 0.361. The highest BCUT2D eigenvalue weighted by molar-refractivity contribution is 5.98. The summed E-state index contributed by atoms with van der Waals surface area (Å²) in [5, 5.41) is 20.7. The summed E-state index contributed by atoms with van der Waals surface area (Å²) in [6.07, 6.45) is -11.3. The minimum absolute atomic E-state index is 0.141. The fraction of sp³-hybridized carbons (Fsp3) is 0.182. The summed E-state index contributed by atoms with van der Waals surface area (Å²) in [4.78, 5) is 32.5. The van der Waals surface area contributed by atoms with Gasteiger partial charge >= 0.3 is 12.4 Å². The van der Waals surface area contributed by atoms with Crippen LogP contribution in [0.4, 0.5) is 37.7 Å². The zero-order valence-corrected chi connectivity index (χ0v) is 11.3. The Morgan fingerprint density at radius 1 is 1.16 bits per heavy atom. The highest BCUT2D eigenvalue weighted by atomic mass is 19.4. The summed E-state index contributed by atoms with van der Waals surface area (Å²) < 4.78 is 78.7. The first-order valence-corrected chi connectivity index (χ1v) is 5.88. The van der Waals surface area contributed by atoms with Gasteiger partial charge in [-0.15, -0.1) is 4.91 Å². The number of hydrogen-bond donors (Lipinski definition) is 2. The molecule has 0 atom stereocenters. The number of aromatic nitrogens is 1. The van der Waals surface area contributed by atoms with E-state index < -0.39 is 62.0 Å². The van der Waals surface area contributed by atoms with Crippen LogP contribution in [-0.4, -0.2) is 15.0 Å². The van der Waals surface area contributed by atoms with Crippen LogP contribution in [0.5, 0.6) is 5.75 Å². The first-order chi connectivity index (χ1) is 11.3. The molecule has 0 bridgehead atoms. The number of aromatic hydroxyl groups is 1. The van der Waals surface area contributed by atoms with E-state index in [1.165, 1.54) is 4.98 Å². The van der Waals surface area contributed by atoms with Gasteiger partial charge in [0.25, 0.3) is 11.2 Å². The van der Waals surface area contributed by atoms with Crippen molar-refractivity contribution in [3.63, 3.8) is 0 Å². The van der Waals surface area contributed by atoms with Crippen LogP contribution in [0.2, 0.25) is 0 Å². The molecule has 1 aromatic carbocycles. The maximum atomic E-state index is 13.3. The Kier molecular flexibility index (Phi) is 3.94. The van der Waals surface area contributed by atoms with Crippen molar-refractivity contribution >= 4 is 22.3 Å². The largest absolute Gasteiger partial charge is 0.501 e. The van der Waals surface area contributed by atoms with Crippen molar-refractivity contribution in [1.29, 1.82) is 0 Å². The molecule has 0 amide bonds. The molecule has 14 heteroatoms. The number of rotatable bonds is 2. The maximum absolute atomic E-state index is 13.3. The number of nitroso groups, excluding NO2 is 1. The summed E-state index contributed by atoms with van der Waals surface area (Å²) >= 11 is 0. The van der Waals surface area contributed by atoms with Gasteiger partial charge in [-0.3, -0.25) is 14.9 Å². The molecule has 0 unspecified atom stereocenters. The Hall–Kier alpha value is -3.19. The van der Waals surface area contributed by atoms with Crippen molar-refractivity contribution in [1.82, 2.24) is 4.98 Å². The number of halogens is 6. The van der Waals surface area contributed by atoms with Crippen molar-refractivity contribution in [2.75, 3.05) is 0 Å². The van der Waals surface area contributed by atoms with E-state index in [0.717, 1.165) is 0 Å². The van der Waals surface area contributed by atoms with Gasteiger partial charge < -0.3 is 10.1 Å². The van der Waals surface area contributed by atoms with Crippen LogP contribution in [-0.2, 0) is 12.4 Å². The van der Waals surface area contributed by atoms with Crippen LogP contribution in [0.25, 0.3) is 10.9 Å². The fourth-order valence-corrected chi connectivity index (χ4v) is 2.20. The summed E-state index contributed by atoms with van der Waals surface area (Å²) in [6, 6.07) is -0.141. The molecule has 2 aromatic rings. The predicted molar refractivity (Wildman–Crippen MR) is 68.3 cm³/mol. The fourth-order valence-electron chi connectivity index (χ4n) is 2.20. The smallest absolute Gasteiger partial charge is 0.423 e. The number of alkyl halides is 6. The van der Waals surface area contributed by atoms with Crippen LogP contribution in [0.3, 0.4) is 0 Å². The molecule has 0 aliphatic rings. The SMILES string of the molecule is O=Nc1c(O)c(=O)[nH]c2cc(C(F)(F)F)c([N+](=O)[O-])c(C(F)(F)F)c12. The molecule has 0 aliphatic heterocycles. The highest BCUT2D eigenvalue weighted by Gasteiger charge is 2.49. The van der Waals surface area contributed by atoms with E-state index in [0.29, 0.717) is 0 Å². The normalized spacial score (nSPS) is 12.4. The van der Waals surface area contributed by atoms with E-state index in [1.54, 1.807) is 0 Å². The van der Waals surface area contributed by atoms with Crippen molar-refractivity contribution in [2.45, 2.75) is 12.4 Å². The van der Waals surface area contributed by atoms with Gasteiger partial charge in [0.1, 0.15) is 11.1 Å². The first kappa shape index (κ1) is 18.2. The Balaban J connectivity index is 3.31. The van der Waals surface area contributed by atoms with E-state index in [1.807, 2.05) is 5.18 Å². The zero-order chi connectivity index (χ0) is 19.3. The molecule has 0 radical (unpaired) electrons. The Bertz CT molecular complexity index is 962. The molecule has 1 aromatic heterocycles. The number of aromatic amines is 1. The average Bonchev–Trinajstić information content (AvgIpc) is 2.44. The molecule has 0 saturated carbocycles. The average molecular weight is 371 g/mol. The number of fused-ring (bicyclic) bond motifs is 1. The molecular formula is C11H3F6N3O5. The van der Waals surface area contributed by atoms with E-state index in [9.17, 15) is 51.3 Å². The lowest BCUT2D eigenvalue weighted by Crippen LogP contribution is -2.18. The molecule has 2 rings (SSSR count). The minimum atomic E-state index is -5.74. The highest BCUT2D eigenvalue weighted by Crippen LogP contribution is 2.50.